The standard InChI is InChI=1S/C13H16ClN3O3/c14-12-5-11(17(18)19)6-15-13(12)16(10-1-2-10)7-9-3-4-20-8-9/h5-6,9-10H,1-4,7-8H2/t9-/m0/s1. The van der Waals surface area contributed by atoms with E-state index in [1.54, 1.807) is 0 Å². The predicted octanol–water partition coefficient (Wildman–Crippen LogP) is 2.65. The Labute approximate surface area is 121 Å². The van der Waals surface area contributed by atoms with E-state index in [0.29, 0.717) is 22.8 Å². The van der Waals surface area contributed by atoms with Gasteiger partial charge in [0.25, 0.3) is 5.69 Å². The molecule has 1 aromatic heterocycles. The number of ether oxygens (including phenoxy) is 1. The van der Waals surface area contributed by atoms with Crippen molar-refractivity contribution >= 4 is 23.1 Å². The highest BCUT2D eigenvalue weighted by Crippen LogP contribution is 2.36. The van der Waals surface area contributed by atoms with Gasteiger partial charge in [-0.3, -0.25) is 10.1 Å². The topological polar surface area (TPSA) is 68.5 Å². The third kappa shape index (κ3) is 2.86. The Bertz CT molecular complexity index is 516. The molecule has 3 rings (SSSR count). The molecule has 108 valence electrons. The molecular formula is C13H16ClN3O3. The minimum absolute atomic E-state index is 0.0707. The minimum Gasteiger partial charge on any atom is -0.381 e. The van der Waals surface area contributed by atoms with Gasteiger partial charge in [-0.25, -0.2) is 4.98 Å². The number of pyridine rings is 1. The lowest BCUT2D eigenvalue weighted by atomic mass is 10.1. The molecule has 1 aliphatic heterocycles. The molecule has 6 nitrogen and oxygen atoms in total. The van der Waals surface area contributed by atoms with Gasteiger partial charge >= 0.3 is 0 Å². The Morgan fingerprint density at radius 3 is 2.85 bits per heavy atom. The lowest BCUT2D eigenvalue weighted by Gasteiger charge is -2.26. The molecule has 2 heterocycles. The van der Waals surface area contributed by atoms with Gasteiger partial charge in [0.15, 0.2) is 0 Å². The molecule has 0 aromatic carbocycles. The molecule has 1 aromatic rings. The molecular weight excluding hydrogens is 282 g/mol. The van der Waals surface area contributed by atoms with Crippen LogP contribution < -0.4 is 4.90 Å². The lowest BCUT2D eigenvalue weighted by Crippen LogP contribution is -2.32. The summed E-state index contributed by atoms with van der Waals surface area (Å²) in [5.41, 5.74) is -0.0707. The zero-order valence-electron chi connectivity index (χ0n) is 11.0. The molecule has 0 N–H and O–H groups in total. The summed E-state index contributed by atoms with van der Waals surface area (Å²) in [6.07, 6.45) is 4.58. The first-order valence-corrected chi connectivity index (χ1v) is 7.17. The van der Waals surface area contributed by atoms with Crippen molar-refractivity contribution in [3.63, 3.8) is 0 Å². The van der Waals surface area contributed by atoms with E-state index >= 15 is 0 Å². The van der Waals surface area contributed by atoms with Crippen LogP contribution in [-0.2, 0) is 4.74 Å². The first kappa shape index (κ1) is 13.6. The predicted molar refractivity (Wildman–Crippen MR) is 75.2 cm³/mol. The van der Waals surface area contributed by atoms with Crippen LogP contribution in [0, 0.1) is 16.0 Å². The van der Waals surface area contributed by atoms with Crippen molar-refractivity contribution in [3.05, 3.63) is 27.4 Å². The van der Waals surface area contributed by atoms with E-state index in [0.717, 1.165) is 39.0 Å². The molecule has 0 unspecified atom stereocenters. The molecule has 0 spiro atoms. The van der Waals surface area contributed by atoms with E-state index < -0.39 is 4.92 Å². The Hall–Kier alpha value is -1.40. The van der Waals surface area contributed by atoms with Crippen molar-refractivity contribution in [2.75, 3.05) is 24.7 Å². The van der Waals surface area contributed by atoms with Crippen molar-refractivity contribution in [2.45, 2.75) is 25.3 Å². The van der Waals surface area contributed by atoms with Crippen LogP contribution in [0.25, 0.3) is 0 Å². The van der Waals surface area contributed by atoms with Gasteiger partial charge in [0.05, 0.1) is 16.6 Å². The number of hydrogen-bond acceptors (Lipinski definition) is 5. The largest absolute Gasteiger partial charge is 0.381 e. The minimum atomic E-state index is -0.477. The smallest absolute Gasteiger partial charge is 0.289 e. The summed E-state index contributed by atoms with van der Waals surface area (Å²) in [5.74, 6) is 1.15. The number of nitro groups is 1. The molecule has 2 fully saturated rings. The van der Waals surface area contributed by atoms with Gasteiger partial charge in [0.2, 0.25) is 0 Å². The van der Waals surface area contributed by atoms with Gasteiger partial charge in [-0.05, 0) is 19.3 Å². The molecule has 1 atom stereocenters. The highest BCUT2D eigenvalue weighted by molar-refractivity contribution is 6.33. The first-order valence-electron chi connectivity index (χ1n) is 6.79. The maximum absolute atomic E-state index is 10.7. The molecule has 1 saturated heterocycles. The van der Waals surface area contributed by atoms with E-state index in [2.05, 4.69) is 9.88 Å². The number of aromatic nitrogens is 1. The first-order chi connectivity index (χ1) is 9.65. The van der Waals surface area contributed by atoms with Crippen LogP contribution in [0.1, 0.15) is 19.3 Å². The Balaban J connectivity index is 1.81. The molecule has 1 saturated carbocycles. The Morgan fingerprint density at radius 1 is 1.50 bits per heavy atom. The fourth-order valence-corrected chi connectivity index (χ4v) is 2.80. The Morgan fingerprint density at radius 2 is 2.30 bits per heavy atom. The fourth-order valence-electron chi connectivity index (χ4n) is 2.53. The van der Waals surface area contributed by atoms with Crippen molar-refractivity contribution in [2.24, 2.45) is 5.92 Å². The average Bonchev–Trinajstić information content (AvgIpc) is 3.14. The monoisotopic (exact) mass is 297 g/mol. The van der Waals surface area contributed by atoms with Crippen molar-refractivity contribution in [1.29, 1.82) is 0 Å². The number of anilines is 1. The van der Waals surface area contributed by atoms with Crippen molar-refractivity contribution in [3.8, 4) is 0 Å². The summed E-state index contributed by atoms with van der Waals surface area (Å²) >= 11 is 6.19. The highest BCUT2D eigenvalue weighted by atomic mass is 35.5. The summed E-state index contributed by atoms with van der Waals surface area (Å²) < 4.78 is 5.41. The molecule has 20 heavy (non-hydrogen) atoms. The molecule has 0 amide bonds. The summed E-state index contributed by atoms with van der Waals surface area (Å²) in [4.78, 5) is 16.7. The van der Waals surface area contributed by atoms with Gasteiger partial charge in [-0.1, -0.05) is 11.6 Å². The van der Waals surface area contributed by atoms with E-state index in [4.69, 9.17) is 16.3 Å². The summed E-state index contributed by atoms with van der Waals surface area (Å²) in [5, 5.41) is 11.1. The van der Waals surface area contributed by atoms with Crippen LogP contribution in [0.3, 0.4) is 0 Å². The van der Waals surface area contributed by atoms with E-state index in [-0.39, 0.29) is 5.69 Å². The fraction of sp³-hybridized carbons (Fsp3) is 0.615. The van der Waals surface area contributed by atoms with Gasteiger partial charge in [0.1, 0.15) is 12.0 Å². The van der Waals surface area contributed by atoms with E-state index in [1.165, 1.54) is 12.3 Å². The van der Waals surface area contributed by atoms with Crippen LogP contribution in [0.4, 0.5) is 11.5 Å². The molecule has 2 aliphatic rings. The zero-order valence-corrected chi connectivity index (χ0v) is 11.8. The second kappa shape index (κ2) is 5.54. The van der Waals surface area contributed by atoms with Crippen LogP contribution >= 0.6 is 11.6 Å². The summed E-state index contributed by atoms with van der Waals surface area (Å²) in [6, 6.07) is 1.84. The SMILES string of the molecule is O=[N+]([O-])c1cnc(N(C[C@@H]2CCOC2)C2CC2)c(Cl)c1. The lowest BCUT2D eigenvalue weighted by molar-refractivity contribution is -0.385. The third-order valence-corrected chi connectivity index (χ3v) is 4.03. The highest BCUT2D eigenvalue weighted by Gasteiger charge is 2.34. The molecule has 1 aliphatic carbocycles. The van der Waals surface area contributed by atoms with Crippen LogP contribution in [0.2, 0.25) is 5.02 Å². The van der Waals surface area contributed by atoms with Crippen LogP contribution in [0.15, 0.2) is 12.3 Å². The normalized spacial score (nSPS) is 21.9. The van der Waals surface area contributed by atoms with E-state index in [1.807, 2.05) is 0 Å². The van der Waals surface area contributed by atoms with Gasteiger partial charge < -0.3 is 9.64 Å². The molecule has 0 bridgehead atoms. The van der Waals surface area contributed by atoms with Gasteiger partial charge in [-0.15, -0.1) is 0 Å². The van der Waals surface area contributed by atoms with Crippen molar-refractivity contribution < 1.29 is 9.66 Å². The second-order valence-corrected chi connectivity index (χ2v) is 5.78. The number of halogens is 1. The maximum Gasteiger partial charge on any atom is 0.289 e. The van der Waals surface area contributed by atoms with Crippen LogP contribution in [0.5, 0.6) is 0 Å². The number of rotatable bonds is 5. The van der Waals surface area contributed by atoms with Crippen molar-refractivity contribution in [1.82, 2.24) is 4.98 Å². The zero-order chi connectivity index (χ0) is 14.1. The Kier molecular flexibility index (Phi) is 3.76. The molecule has 7 heteroatoms. The average molecular weight is 298 g/mol. The maximum atomic E-state index is 10.7. The van der Waals surface area contributed by atoms with Crippen LogP contribution in [-0.4, -0.2) is 35.7 Å². The van der Waals surface area contributed by atoms with E-state index in [9.17, 15) is 10.1 Å². The second-order valence-electron chi connectivity index (χ2n) is 5.37. The summed E-state index contributed by atoms with van der Waals surface area (Å²) in [6.45, 7) is 2.44. The van der Waals surface area contributed by atoms with Gasteiger partial charge in [-0.2, -0.15) is 0 Å². The quantitative estimate of drug-likeness (QED) is 0.617. The third-order valence-electron chi connectivity index (χ3n) is 3.76. The van der Waals surface area contributed by atoms with Gasteiger partial charge in [0, 0.05) is 31.2 Å². The number of hydrogen-bond donors (Lipinski definition) is 0. The number of nitrogens with zero attached hydrogens (tertiary/aromatic N) is 3. The molecule has 0 radical (unpaired) electrons. The summed E-state index contributed by atoms with van der Waals surface area (Å²) in [7, 11) is 0.